The zero-order chi connectivity index (χ0) is 16.6. The van der Waals surface area contributed by atoms with Gasteiger partial charge in [0.15, 0.2) is 0 Å². The Morgan fingerprint density at radius 3 is 2.36 bits per heavy atom. The van der Waals surface area contributed by atoms with Crippen LogP contribution in [-0.4, -0.2) is 22.6 Å². The SMILES string of the molecule is CCCc1ccnc(N(CCC(C)(C)CC)C(CC)CC)n1. The summed E-state index contributed by atoms with van der Waals surface area (Å²) >= 11 is 0. The topological polar surface area (TPSA) is 29.0 Å². The number of aromatic nitrogens is 2. The number of hydrogen-bond acceptors (Lipinski definition) is 3. The zero-order valence-electron chi connectivity index (χ0n) is 15.5. The summed E-state index contributed by atoms with van der Waals surface area (Å²) in [6.45, 7) is 14.8. The van der Waals surface area contributed by atoms with Crippen LogP contribution in [0, 0.1) is 5.41 Å². The van der Waals surface area contributed by atoms with Gasteiger partial charge in [-0.3, -0.25) is 0 Å². The van der Waals surface area contributed by atoms with Crippen LogP contribution < -0.4 is 4.90 Å². The Kier molecular flexibility index (Phi) is 7.84. The van der Waals surface area contributed by atoms with Crippen LogP contribution >= 0.6 is 0 Å². The molecule has 0 aliphatic heterocycles. The van der Waals surface area contributed by atoms with Gasteiger partial charge in [0.1, 0.15) is 0 Å². The Hall–Kier alpha value is -1.12. The molecule has 0 N–H and O–H groups in total. The van der Waals surface area contributed by atoms with Crippen molar-refractivity contribution in [2.45, 2.75) is 86.1 Å². The summed E-state index contributed by atoms with van der Waals surface area (Å²) in [4.78, 5) is 11.8. The lowest BCUT2D eigenvalue weighted by Gasteiger charge is -2.34. The molecule has 1 aromatic rings. The van der Waals surface area contributed by atoms with Gasteiger partial charge in [-0.05, 0) is 37.2 Å². The lowest BCUT2D eigenvalue weighted by Crippen LogP contribution is -2.38. The third-order valence-corrected chi connectivity index (χ3v) is 4.83. The van der Waals surface area contributed by atoms with Gasteiger partial charge in [-0.1, -0.05) is 54.4 Å². The van der Waals surface area contributed by atoms with Crippen LogP contribution in [0.1, 0.15) is 79.3 Å². The van der Waals surface area contributed by atoms with Crippen LogP contribution in [0.15, 0.2) is 12.3 Å². The van der Waals surface area contributed by atoms with Gasteiger partial charge in [-0.2, -0.15) is 0 Å². The molecule has 0 aliphatic rings. The van der Waals surface area contributed by atoms with E-state index in [-0.39, 0.29) is 0 Å². The maximum atomic E-state index is 4.82. The second-order valence-corrected chi connectivity index (χ2v) is 7.03. The molecule has 22 heavy (non-hydrogen) atoms. The monoisotopic (exact) mass is 305 g/mol. The van der Waals surface area contributed by atoms with E-state index in [1.165, 1.54) is 18.5 Å². The summed E-state index contributed by atoms with van der Waals surface area (Å²) in [5.74, 6) is 0.923. The molecule has 0 unspecified atom stereocenters. The van der Waals surface area contributed by atoms with Crippen molar-refractivity contribution in [1.29, 1.82) is 0 Å². The van der Waals surface area contributed by atoms with Crippen LogP contribution in [0.4, 0.5) is 5.95 Å². The van der Waals surface area contributed by atoms with Crippen LogP contribution in [0.2, 0.25) is 0 Å². The lowest BCUT2D eigenvalue weighted by molar-refractivity contribution is 0.317. The first kappa shape index (κ1) is 18.9. The molecule has 3 heteroatoms. The molecule has 0 bridgehead atoms. The molecular formula is C19H35N3. The first-order valence-electron chi connectivity index (χ1n) is 9.05. The van der Waals surface area contributed by atoms with Gasteiger partial charge in [0, 0.05) is 24.5 Å². The quantitative estimate of drug-likeness (QED) is 0.591. The fourth-order valence-corrected chi connectivity index (χ4v) is 2.69. The van der Waals surface area contributed by atoms with Gasteiger partial charge in [-0.15, -0.1) is 0 Å². The zero-order valence-corrected chi connectivity index (χ0v) is 15.5. The second-order valence-electron chi connectivity index (χ2n) is 7.03. The minimum Gasteiger partial charge on any atom is -0.338 e. The van der Waals surface area contributed by atoms with E-state index in [0.29, 0.717) is 11.5 Å². The highest BCUT2D eigenvalue weighted by molar-refractivity contribution is 5.32. The van der Waals surface area contributed by atoms with Gasteiger partial charge in [0.2, 0.25) is 5.95 Å². The van der Waals surface area contributed by atoms with E-state index in [9.17, 15) is 0 Å². The molecule has 1 heterocycles. The molecule has 0 fully saturated rings. The van der Waals surface area contributed by atoms with Crippen LogP contribution in [0.5, 0.6) is 0 Å². The molecule has 0 aromatic carbocycles. The maximum Gasteiger partial charge on any atom is 0.225 e. The highest BCUT2D eigenvalue weighted by Crippen LogP contribution is 2.27. The number of hydrogen-bond donors (Lipinski definition) is 0. The molecule has 0 amide bonds. The van der Waals surface area contributed by atoms with Gasteiger partial charge >= 0.3 is 0 Å². The van der Waals surface area contributed by atoms with Crippen LogP contribution in [0.25, 0.3) is 0 Å². The summed E-state index contributed by atoms with van der Waals surface area (Å²) in [7, 11) is 0. The number of anilines is 1. The van der Waals surface area contributed by atoms with Gasteiger partial charge in [-0.25, -0.2) is 9.97 Å². The fourth-order valence-electron chi connectivity index (χ4n) is 2.69. The van der Waals surface area contributed by atoms with Crippen molar-refractivity contribution in [3.63, 3.8) is 0 Å². The first-order valence-corrected chi connectivity index (χ1v) is 9.05. The summed E-state index contributed by atoms with van der Waals surface area (Å²) in [6, 6.07) is 2.58. The molecule has 0 radical (unpaired) electrons. The van der Waals surface area contributed by atoms with Gasteiger partial charge in [0.05, 0.1) is 0 Å². The summed E-state index contributed by atoms with van der Waals surface area (Å²) in [5.41, 5.74) is 1.55. The highest BCUT2D eigenvalue weighted by atomic mass is 15.3. The fraction of sp³-hybridized carbons (Fsp3) is 0.789. The molecule has 0 saturated heterocycles. The van der Waals surface area contributed by atoms with Gasteiger partial charge in [0.25, 0.3) is 0 Å². The largest absolute Gasteiger partial charge is 0.338 e. The van der Waals surface area contributed by atoms with Crippen molar-refractivity contribution < 1.29 is 0 Å². The van der Waals surface area contributed by atoms with E-state index in [2.05, 4.69) is 51.4 Å². The van der Waals surface area contributed by atoms with Crippen LogP contribution in [-0.2, 0) is 6.42 Å². The normalized spacial score (nSPS) is 12.0. The van der Waals surface area contributed by atoms with Crippen molar-refractivity contribution in [2.24, 2.45) is 5.41 Å². The average Bonchev–Trinajstić information content (AvgIpc) is 2.52. The van der Waals surface area contributed by atoms with Crippen LogP contribution in [0.3, 0.4) is 0 Å². The molecule has 0 saturated carbocycles. The third-order valence-electron chi connectivity index (χ3n) is 4.83. The van der Waals surface area contributed by atoms with Crippen molar-refractivity contribution >= 4 is 5.95 Å². The third kappa shape index (κ3) is 5.58. The molecule has 0 spiro atoms. The van der Waals surface area contributed by atoms with E-state index in [4.69, 9.17) is 4.98 Å². The summed E-state index contributed by atoms with van der Waals surface area (Å²) in [6.07, 6.45) is 8.77. The summed E-state index contributed by atoms with van der Waals surface area (Å²) in [5, 5.41) is 0. The minimum atomic E-state index is 0.380. The Morgan fingerprint density at radius 2 is 1.82 bits per heavy atom. The van der Waals surface area contributed by atoms with Crippen molar-refractivity contribution in [3.05, 3.63) is 18.0 Å². The van der Waals surface area contributed by atoms with E-state index in [1.54, 1.807) is 0 Å². The Balaban J connectivity index is 2.96. The molecule has 126 valence electrons. The number of rotatable bonds is 10. The second kappa shape index (κ2) is 9.12. The van der Waals surface area contributed by atoms with E-state index in [1.807, 2.05) is 12.3 Å². The molecule has 0 atom stereocenters. The van der Waals surface area contributed by atoms with Gasteiger partial charge < -0.3 is 4.90 Å². The van der Waals surface area contributed by atoms with E-state index >= 15 is 0 Å². The average molecular weight is 306 g/mol. The molecule has 3 nitrogen and oxygen atoms in total. The smallest absolute Gasteiger partial charge is 0.225 e. The Morgan fingerprint density at radius 1 is 1.14 bits per heavy atom. The Bertz CT molecular complexity index is 424. The number of aryl methyl sites for hydroxylation is 1. The number of nitrogens with zero attached hydrogens (tertiary/aromatic N) is 3. The van der Waals surface area contributed by atoms with Crippen molar-refractivity contribution in [3.8, 4) is 0 Å². The van der Waals surface area contributed by atoms with Crippen molar-refractivity contribution in [1.82, 2.24) is 9.97 Å². The Labute approximate surface area is 137 Å². The highest BCUT2D eigenvalue weighted by Gasteiger charge is 2.22. The molecule has 0 aliphatic carbocycles. The van der Waals surface area contributed by atoms with Crippen molar-refractivity contribution in [2.75, 3.05) is 11.4 Å². The molecular weight excluding hydrogens is 270 g/mol. The minimum absolute atomic E-state index is 0.380. The standard InChI is InChI=1S/C19H35N3/c1-7-11-16-12-14-20-18(21-16)22(17(8-2)9-3)15-13-19(5,6)10-4/h12,14,17H,7-11,13,15H2,1-6H3. The molecule has 1 aromatic heterocycles. The molecule has 1 rings (SSSR count). The summed E-state index contributed by atoms with van der Waals surface area (Å²) < 4.78 is 0. The predicted octanol–water partition coefficient (Wildman–Crippen LogP) is 5.25. The predicted molar refractivity (Wildman–Crippen MR) is 96.4 cm³/mol. The first-order chi connectivity index (χ1) is 10.5. The lowest BCUT2D eigenvalue weighted by atomic mass is 9.86. The maximum absolute atomic E-state index is 4.82. The van der Waals surface area contributed by atoms with E-state index in [0.717, 1.165) is 38.2 Å². The van der Waals surface area contributed by atoms with E-state index < -0.39 is 0 Å².